The molecule has 0 radical (unpaired) electrons. The molecule has 12 heteroatoms. The number of methoxy groups -OCH3 is 1. The number of rotatable bonds is 11. The highest BCUT2D eigenvalue weighted by Gasteiger charge is 2.31. The summed E-state index contributed by atoms with van der Waals surface area (Å²) < 4.78 is 37.9. The molecule has 2 aromatic carbocycles. The molecule has 1 aliphatic carbocycles. The Morgan fingerprint density at radius 1 is 0.959 bits per heavy atom. The number of carbonyl (C=O) groups is 2. The molecule has 1 fully saturated rings. The largest absolute Gasteiger partial charge is 0.497 e. The number of likely N-dealkylation sites (N-methyl/N-ethyl adjacent to an activating group) is 3. The molecule has 2 aliphatic rings. The molecule has 1 aliphatic heterocycles. The van der Waals surface area contributed by atoms with Crippen molar-refractivity contribution in [1.29, 1.82) is 0 Å². The Hall–Kier alpha value is -3.71. The van der Waals surface area contributed by atoms with E-state index in [4.69, 9.17) is 14.6 Å². The van der Waals surface area contributed by atoms with Gasteiger partial charge in [-0.2, -0.15) is 12.7 Å². The summed E-state index contributed by atoms with van der Waals surface area (Å²) in [6.07, 6.45) is 7.72. The van der Waals surface area contributed by atoms with E-state index in [-0.39, 0.29) is 18.4 Å². The molecule has 1 saturated carbocycles. The predicted octanol–water partition coefficient (Wildman–Crippen LogP) is 5.24. The van der Waals surface area contributed by atoms with Crippen molar-refractivity contribution in [1.82, 2.24) is 18.7 Å². The van der Waals surface area contributed by atoms with E-state index in [9.17, 15) is 18.0 Å². The van der Waals surface area contributed by atoms with Gasteiger partial charge in [0.25, 0.3) is 16.1 Å². The van der Waals surface area contributed by atoms with Gasteiger partial charge in [0, 0.05) is 62.3 Å². The van der Waals surface area contributed by atoms with Gasteiger partial charge in [-0.15, -0.1) is 0 Å². The summed E-state index contributed by atoms with van der Waals surface area (Å²) in [6.45, 7) is 7.60. The van der Waals surface area contributed by atoms with Crippen LogP contribution in [0.15, 0.2) is 42.0 Å². The summed E-state index contributed by atoms with van der Waals surface area (Å²) in [4.78, 5) is 31.2. The van der Waals surface area contributed by atoms with Crippen molar-refractivity contribution < 1.29 is 27.5 Å². The smallest absolute Gasteiger partial charge is 0.338 e. The maximum atomic E-state index is 14.2. The summed E-state index contributed by atoms with van der Waals surface area (Å²) in [5, 5.41) is 6.32. The van der Waals surface area contributed by atoms with Crippen LogP contribution in [0, 0.1) is 0 Å². The fraction of sp³-hybridized carbons (Fsp3) is 0.514. The van der Waals surface area contributed by atoms with E-state index >= 15 is 0 Å². The second-order valence-electron chi connectivity index (χ2n) is 14.4. The lowest BCUT2D eigenvalue weighted by Crippen LogP contribution is -2.41. The third kappa shape index (κ3) is 8.37. The molecule has 0 saturated heterocycles. The molecule has 1 aromatic heterocycles. The summed E-state index contributed by atoms with van der Waals surface area (Å²) in [5.74, 6) is 0.575. The number of carbonyl (C=O) groups excluding carboxylic acids is 2. The van der Waals surface area contributed by atoms with Crippen molar-refractivity contribution in [3.63, 3.8) is 0 Å². The van der Waals surface area contributed by atoms with E-state index in [1.54, 1.807) is 19.1 Å². The molecule has 5 rings (SSSR count). The highest BCUT2D eigenvalue weighted by molar-refractivity contribution is 7.86. The summed E-state index contributed by atoms with van der Waals surface area (Å²) in [6, 6.07) is 11.9. The SMILES string of the molecule is COc1ccc2c(c1)C=C(C(=O)N(C)CCN(C)CCN(C)S(N)(=O)=O)Cn1c-2c(C2CCCCC2)c2ccc(C(=O)OC(C)(C)C)cc21. The van der Waals surface area contributed by atoms with Gasteiger partial charge in [0.15, 0.2) is 0 Å². The zero-order chi connectivity index (χ0) is 35.7. The Morgan fingerprint density at radius 2 is 1.65 bits per heavy atom. The van der Waals surface area contributed by atoms with Crippen LogP contribution in [0.1, 0.15) is 80.3 Å². The average Bonchev–Trinajstić information content (AvgIpc) is 3.26. The van der Waals surface area contributed by atoms with Crippen LogP contribution >= 0.6 is 0 Å². The number of fused-ring (bicyclic) bond motifs is 5. The van der Waals surface area contributed by atoms with E-state index in [2.05, 4.69) is 16.7 Å². The van der Waals surface area contributed by atoms with E-state index in [1.165, 1.54) is 31.9 Å². The molecule has 11 nitrogen and oxygen atoms in total. The molecule has 0 atom stereocenters. The Balaban J connectivity index is 1.55. The molecule has 49 heavy (non-hydrogen) atoms. The standard InChI is InChI=1S/C37H51N5O6S/c1-37(2,3)48-36(44)26-13-15-31-32(23-26)42-24-28(35(43)40(5)19-17-39(4)18-20-41(6)49(38,45)46)21-27-22-29(47-7)14-16-30(27)34(42)33(31)25-11-9-8-10-12-25/h13-16,21-23,25H,8-12,17-20,24H2,1-7H3,(H2,38,45,46). The van der Waals surface area contributed by atoms with Crippen LogP contribution in [0.4, 0.5) is 0 Å². The van der Waals surface area contributed by atoms with Crippen molar-refractivity contribution in [2.45, 2.75) is 70.9 Å². The second kappa shape index (κ2) is 14.6. The van der Waals surface area contributed by atoms with Crippen LogP contribution in [-0.2, 0) is 26.3 Å². The number of hydrogen-bond acceptors (Lipinski definition) is 7. The molecule has 2 heterocycles. The quantitative estimate of drug-likeness (QED) is 0.272. The third-order valence-corrected chi connectivity index (χ3v) is 10.6. The maximum Gasteiger partial charge on any atom is 0.338 e. The maximum absolute atomic E-state index is 14.2. The summed E-state index contributed by atoms with van der Waals surface area (Å²) in [7, 11) is 3.00. The lowest BCUT2D eigenvalue weighted by Gasteiger charge is -2.25. The van der Waals surface area contributed by atoms with Crippen LogP contribution in [-0.4, -0.2) is 99.0 Å². The number of nitrogens with zero attached hydrogens (tertiary/aromatic N) is 4. The van der Waals surface area contributed by atoms with Gasteiger partial charge >= 0.3 is 5.97 Å². The Kier molecular flexibility index (Phi) is 10.9. The molecule has 2 N–H and O–H groups in total. The first-order valence-electron chi connectivity index (χ1n) is 17.0. The monoisotopic (exact) mass is 693 g/mol. The zero-order valence-electron chi connectivity index (χ0n) is 29.9. The molecule has 0 spiro atoms. The summed E-state index contributed by atoms with van der Waals surface area (Å²) >= 11 is 0. The Bertz CT molecular complexity index is 1850. The lowest BCUT2D eigenvalue weighted by molar-refractivity contribution is -0.126. The fourth-order valence-corrected chi connectivity index (χ4v) is 7.19. The van der Waals surface area contributed by atoms with Gasteiger partial charge < -0.3 is 23.8 Å². The van der Waals surface area contributed by atoms with Gasteiger partial charge in [-0.3, -0.25) is 4.79 Å². The number of ether oxygens (including phenoxy) is 2. The molecule has 0 unspecified atom stereocenters. The minimum absolute atomic E-state index is 0.110. The van der Waals surface area contributed by atoms with Crippen LogP contribution < -0.4 is 9.88 Å². The third-order valence-electron chi connectivity index (χ3n) is 9.59. The van der Waals surface area contributed by atoms with Gasteiger partial charge in [0.1, 0.15) is 11.4 Å². The van der Waals surface area contributed by atoms with Gasteiger partial charge in [-0.1, -0.05) is 25.3 Å². The molecular formula is C37H51N5O6S. The van der Waals surface area contributed by atoms with E-state index < -0.39 is 15.8 Å². The van der Waals surface area contributed by atoms with E-state index in [0.717, 1.165) is 44.9 Å². The first-order valence-corrected chi connectivity index (χ1v) is 18.5. The summed E-state index contributed by atoms with van der Waals surface area (Å²) in [5.41, 5.74) is 5.66. The van der Waals surface area contributed by atoms with Crippen molar-refractivity contribution in [3.05, 3.63) is 58.7 Å². The number of nitrogens with two attached hydrogens (primary N) is 1. The van der Waals surface area contributed by atoms with Crippen molar-refractivity contribution in [2.24, 2.45) is 5.14 Å². The van der Waals surface area contributed by atoms with E-state index in [0.29, 0.717) is 49.0 Å². The zero-order valence-corrected chi connectivity index (χ0v) is 30.7. The highest BCUT2D eigenvalue weighted by Crippen LogP contribution is 2.47. The predicted molar refractivity (Wildman–Crippen MR) is 194 cm³/mol. The van der Waals surface area contributed by atoms with Gasteiger partial charge in [0.05, 0.1) is 24.9 Å². The Labute approximate surface area is 290 Å². The number of benzene rings is 2. The van der Waals surface area contributed by atoms with Gasteiger partial charge in [0.2, 0.25) is 0 Å². The highest BCUT2D eigenvalue weighted by atomic mass is 32.2. The first-order chi connectivity index (χ1) is 23.1. The van der Waals surface area contributed by atoms with Gasteiger partial charge in [-0.25, -0.2) is 9.93 Å². The normalized spacial score (nSPS) is 15.5. The van der Waals surface area contributed by atoms with Crippen LogP contribution in [0.25, 0.3) is 28.2 Å². The van der Waals surface area contributed by atoms with Crippen LogP contribution in [0.3, 0.4) is 0 Å². The van der Waals surface area contributed by atoms with Crippen molar-refractivity contribution in [3.8, 4) is 17.0 Å². The molecule has 3 aromatic rings. The fourth-order valence-electron chi connectivity index (χ4n) is 6.85. The second-order valence-corrected chi connectivity index (χ2v) is 16.1. The molecular weight excluding hydrogens is 643 g/mol. The topological polar surface area (TPSA) is 127 Å². The Morgan fingerprint density at radius 3 is 2.31 bits per heavy atom. The number of aromatic nitrogens is 1. The average molecular weight is 694 g/mol. The van der Waals surface area contributed by atoms with Crippen LogP contribution in [0.2, 0.25) is 0 Å². The minimum Gasteiger partial charge on any atom is -0.497 e. The van der Waals surface area contributed by atoms with Crippen molar-refractivity contribution >= 4 is 39.1 Å². The number of hydrogen-bond donors (Lipinski definition) is 1. The molecule has 0 bridgehead atoms. The number of amides is 1. The van der Waals surface area contributed by atoms with Crippen molar-refractivity contribution in [2.75, 3.05) is 54.4 Å². The number of esters is 1. The van der Waals surface area contributed by atoms with Crippen LogP contribution in [0.5, 0.6) is 5.75 Å². The molecule has 1 amide bonds. The molecule has 266 valence electrons. The first kappa shape index (κ1) is 36.6. The van der Waals surface area contributed by atoms with Gasteiger partial charge in [-0.05, 0) is 94.1 Å². The minimum atomic E-state index is -3.75. The lowest BCUT2D eigenvalue weighted by atomic mass is 9.81. The van der Waals surface area contributed by atoms with E-state index in [1.807, 2.05) is 63.1 Å².